The fourth-order valence-corrected chi connectivity index (χ4v) is 7.60. The van der Waals surface area contributed by atoms with E-state index >= 15 is 0 Å². The number of methoxy groups -OCH3 is 2. The molecule has 0 bridgehead atoms. The predicted molar refractivity (Wildman–Crippen MR) is 228 cm³/mol. The predicted octanol–water partition coefficient (Wildman–Crippen LogP) is 7.90. The van der Waals surface area contributed by atoms with Crippen LogP contribution in [0.15, 0.2) is 63.2 Å². The maximum absolute atomic E-state index is 12.6. The van der Waals surface area contributed by atoms with Crippen LogP contribution in [0.25, 0.3) is 33.5 Å². The molecule has 19 nitrogen and oxygen atoms in total. The van der Waals surface area contributed by atoms with Crippen molar-refractivity contribution in [2.75, 3.05) is 40.4 Å². The van der Waals surface area contributed by atoms with Crippen LogP contribution in [0.5, 0.6) is 11.8 Å². The van der Waals surface area contributed by atoms with Gasteiger partial charge in [-0.05, 0) is 73.3 Å². The molecule has 1 N–H and O–H groups in total. The second kappa shape index (κ2) is 18.1. The average molecular weight is 865 g/mol. The molecule has 0 spiro atoms. The van der Waals surface area contributed by atoms with Gasteiger partial charge in [0.15, 0.2) is 11.3 Å². The van der Waals surface area contributed by atoms with Crippen molar-refractivity contribution in [1.29, 1.82) is 5.26 Å². The molecule has 2 saturated heterocycles. The highest BCUT2D eigenvalue weighted by Gasteiger charge is 2.32. The molecule has 6 aromatic heterocycles. The van der Waals surface area contributed by atoms with Gasteiger partial charge in [-0.2, -0.15) is 24.5 Å². The van der Waals surface area contributed by atoms with E-state index in [2.05, 4.69) is 15.4 Å². The minimum absolute atomic E-state index is 0.0411. The third-order valence-corrected chi connectivity index (χ3v) is 10.5. The summed E-state index contributed by atoms with van der Waals surface area (Å²) in [7, 11) is 3.17. The van der Waals surface area contributed by atoms with Gasteiger partial charge in [-0.1, -0.05) is 5.16 Å². The Bertz CT molecular complexity index is 2660. The van der Waals surface area contributed by atoms with Gasteiger partial charge < -0.3 is 42.8 Å². The second-order valence-corrected chi connectivity index (χ2v) is 17.4. The molecule has 6 aromatic rings. The fourth-order valence-electron chi connectivity index (χ4n) is 7.60. The maximum Gasteiger partial charge on any atom is 0.410 e. The lowest BCUT2D eigenvalue weighted by Crippen LogP contribution is -2.42. The van der Waals surface area contributed by atoms with Crippen LogP contribution in [0.4, 0.5) is 9.59 Å². The molecule has 2 aliphatic rings. The topological polar surface area (TPSA) is 221 Å². The van der Waals surface area contributed by atoms with Crippen molar-refractivity contribution in [2.24, 2.45) is 5.16 Å². The summed E-state index contributed by atoms with van der Waals surface area (Å²) >= 11 is 0. The van der Waals surface area contributed by atoms with E-state index < -0.39 is 11.2 Å². The van der Waals surface area contributed by atoms with Crippen molar-refractivity contribution in [3.05, 3.63) is 72.1 Å². The van der Waals surface area contributed by atoms with Gasteiger partial charge in [-0.25, -0.2) is 19.6 Å². The van der Waals surface area contributed by atoms with E-state index in [0.29, 0.717) is 55.0 Å². The summed E-state index contributed by atoms with van der Waals surface area (Å²) in [4.78, 5) is 38.4. The Morgan fingerprint density at radius 2 is 1.25 bits per heavy atom. The molecule has 0 saturated carbocycles. The Balaban J connectivity index is 0.000000189. The lowest BCUT2D eigenvalue weighted by Gasteiger charge is -2.34. The first kappa shape index (κ1) is 44.0. The molecule has 0 aromatic carbocycles. The fraction of sp³-hybridized carbons (Fsp3) is 0.455. The van der Waals surface area contributed by atoms with Gasteiger partial charge in [0.25, 0.3) is 0 Å². The molecule has 0 aliphatic carbocycles. The summed E-state index contributed by atoms with van der Waals surface area (Å²) in [6.07, 6.45) is 10.5. The SMILES string of the molecule is COc1cc(C2CCCN(C(=O)OC(C)(C)C)C2)nc2c(-c3coc(C#N)c3)cnn12.COc1cc(C2CCCN(C(=O)OC(C)(C)C)C2)nc2c(-c3coc(C=NO)c3)cnn12. The number of aromatic nitrogens is 6. The Kier molecular flexibility index (Phi) is 12.6. The summed E-state index contributed by atoms with van der Waals surface area (Å²) in [6, 6.07) is 9.11. The number of carbonyl (C=O) groups is 2. The monoisotopic (exact) mass is 864 g/mol. The Morgan fingerprint density at radius 3 is 1.68 bits per heavy atom. The molecule has 63 heavy (non-hydrogen) atoms. The van der Waals surface area contributed by atoms with E-state index in [4.69, 9.17) is 48.2 Å². The van der Waals surface area contributed by atoms with E-state index in [1.807, 2.05) is 59.7 Å². The molecule has 19 heteroatoms. The number of carbonyl (C=O) groups excluding carboxylic acids is 2. The molecule has 0 radical (unpaired) electrons. The lowest BCUT2D eigenvalue weighted by atomic mass is 9.94. The van der Waals surface area contributed by atoms with Gasteiger partial charge >= 0.3 is 12.2 Å². The van der Waals surface area contributed by atoms with E-state index in [1.165, 1.54) is 12.5 Å². The van der Waals surface area contributed by atoms with Crippen LogP contribution in [0.2, 0.25) is 0 Å². The molecule has 2 fully saturated rings. The lowest BCUT2D eigenvalue weighted by molar-refractivity contribution is 0.0187. The number of furan rings is 2. The minimum atomic E-state index is -0.541. The summed E-state index contributed by atoms with van der Waals surface area (Å²) in [5.74, 6) is 1.81. The van der Waals surface area contributed by atoms with E-state index in [1.54, 1.807) is 63.8 Å². The summed E-state index contributed by atoms with van der Waals surface area (Å²) in [5, 5.41) is 29.6. The summed E-state index contributed by atoms with van der Waals surface area (Å²) in [5.41, 5.74) is 4.75. The molecule has 2 atom stereocenters. The van der Waals surface area contributed by atoms with Gasteiger partial charge in [0, 0.05) is 78.5 Å². The molecule has 332 valence electrons. The van der Waals surface area contributed by atoms with Crippen molar-refractivity contribution >= 4 is 29.7 Å². The van der Waals surface area contributed by atoms with Gasteiger partial charge in [-0.3, -0.25) is 0 Å². The standard InChI is InChI=1S/C22H27N5O5.C22H25N5O4/c1-22(2,3)32-21(28)26-7-5-6-14(12-26)18-9-19(30-4)27-20(25-18)17(11-23-27)15-8-16(10-24-29)31-13-15;1-22(2,3)31-21(28)26-7-5-6-14(12-26)18-9-19(29-4)27-20(25-18)17(11-24-27)15-8-16(10-23)30-13-15/h8-11,13-14,29H,5-7,12H2,1-4H3;8-9,11,13-14H,5-7,12H2,1-4H3. The third-order valence-electron chi connectivity index (χ3n) is 10.5. The number of likely N-dealkylation sites (tertiary alicyclic amines) is 2. The average Bonchev–Trinajstić information content (AvgIpc) is 4.09. The number of fused-ring (bicyclic) bond motifs is 2. The highest BCUT2D eigenvalue weighted by Crippen LogP contribution is 2.35. The van der Waals surface area contributed by atoms with Gasteiger partial charge in [-0.15, -0.1) is 0 Å². The van der Waals surface area contributed by atoms with E-state index in [9.17, 15) is 9.59 Å². The molecule has 2 unspecified atom stereocenters. The largest absolute Gasteiger partial charge is 0.481 e. The first-order valence-corrected chi connectivity index (χ1v) is 20.6. The molecule has 8 heterocycles. The quantitative estimate of drug-likeness (QED) is 0.0916. The van der Waals surface area contributed by atoms with Crippen LogP contribution in [0.3, 0.4) is 0 Å². The number of hydrogen-bond acceptors (Lipinski definition) is 15. The molecule has 2 aliphatic heterocycles. The van der Waals surface area contributed by atoms with Gasteiger partial charge in [0.1, 0.15) is 35.5 Å². The third kappa shape index (κ3) is 10.0. The zero-order chi connectivity index (χ0) is 45.1. The first-order valence-electron chi connectivity index (χ1n) is 20.6. The van der Waals surface area contributed by atoms with E-state index in [-0.39, 0.29) is 29.8 Å². The highest BCUT2D eigenvalue weighted by molar-refractivity contribution is 5.83. The number of ether oxygens (including phenoxy) is 4. The Labute approximate surface area is 363 Å². The first-order chi connectivity index (χ1) is 30.1. The zero-order valence-electron chi connectivity index (χ0n) is 36.7. The van der Waals surface area contributed by atoms with Crippen LogP contribution in [-0.4, -0.2) is 114 Å². The number of oxime groups is 1. The van der Waals surface area contributed by atoms with E-state index in [0.717, 1.165) is 59.3 Å². The zero-order valence-corrected chi connectivity index (χ0v) is 36.7. The van der Waals surface area contributed by atoms with Crippen LogP contribution < -0.4 is 9.47 Å². The number of nitrogens with zero attached hydrogens (tertiary/aromatic N) is 10. The summed E-state index contributed by atoms with van der Waals surface area (Å²) < 4.78 is 36.1. The molecule has 2 amide bonds. The van der Waals surface area contributed by atoms with Crippen LogP contribution >= 0.6 is 0 Å². The van der Waals surface area contributed by atoms with Gasteiger partial charge in [0.05, 0.1) is 44.3 Å². The summed E-state index contributed by atoms with van der Waals surface area (Å²) in [6.45, 7) is 13.5. The van der Waals surface area contributed by atoms with Crippen molar-refractivity contribution < 1.29 is 42.6 Å². The van der Waals surface area contributed by atoms with Gasteiger partial charge in [0.2, 0.25) is 17.5 Å². The number of piperidine rings is 2. The molecular weight excluding hydrogens is 813 g/mol. The highest BCUT2D eigenvalue weighted by atomic mass is 16.6. The second-order valence-electron chi connectivity index (χ2n) is 17.4. The normalized spacial score (nSPS) is 17.1. The number of hydrogen-bond donors (Lipinski definition) is 1. The Hall–Kier alpha value is -7.10. The van der Waals surface area contributed by atoms with Crippen LogP contribution in [-0.2, 0) is 9.47 Å². The van der Waals surface area contributed by atoms with Crippen LogP contribution in [0.1, 0.15) is 102 Å². The smallest absolute Gasteiger partial charge is 0.410 e. The Morgan fingerprint density at radius 1 is 0.778 bits per heavy atom. The molecular formula is C44H52N10O9. The molecule has 8 rings (SSSR count). The minimum Gasteiger partial charge on any atom is -0.481 e. The number of rotatable bonds is 7. The van der Waals surface area contributed by atoms with Crippen molar-refractivity contribution in [3.63, 3.8) is 0 Å². The van der Waals surface area contributed by atoms with Crippen molar-refractivity contribution in [3.8, 4) is 40.1 Å². The van der Waals surface area contributed by atoms with Crippen molar-refractivity contribution in [2.45, 2.75) is 90.3 Å². The van der Waals surface area contributed by atoms with Crippen molar-refractivity contribution in [1.82, 2.24) is 39.0 Å². The van der Waals surface area contributed by atoms with Crippen LogP contribution in [0, 0.1) is 11.3 Å². The number of nitriles is 1. The number of amides is 2. The maximum atomic E-state index is 12.6.